The quantitative estimate of drug-likeness (QED) is 0.154. The number of amides is 1. The van der Waals surface area contributed by atoms with Gasteiger partial charge in [0.2, 0.25) is 5.91 Å². The van der Waals surface area contributed by atoms with Crippen molar-refractivity contribution < 1.29 is 19.1 Å². The Kier molecular flexibility index (Phi) is 7.56. The Balaban J connectivity index is 2.23. The minimum absolute atomic E-state index is 0.0264. The third-order valence-corrected chi connectivity index (χ3v) is 5.38. The molecule has 0 aliphatic carbocycles. The van der Waals surface area contributed by atoms with Crippen LogP contribution in [-0.4, -0.2) is 53.1 Å². The molecule has 0 radical (unpaired) electrons. The molecule has 1 aromatic heterocycles. The summed E-state index contributed by atoms with van der Waals surface area (Å²) < 4.78 is 5.46. The van der Waals surface area contributed by atoms with Crippen LogP contribution in [0.4, 0.5) is 0 Å². The van der Waals surface area contributed by atoms with Crippen LogP contribution in [0.3, 0.4) is 0 Å². The van der Waals surface area contributed by atoms with Crippen LogP contribution in [0.2, 0.25) is 0 Å². The molecular weight excluding hydrogens is 420 g/mol. The maximum absolute atomic E-state index is 13.1. The van der Waals surface area contributed by atoms with Gasteiger partial charge in [-0.1, -0.05) is 5.11 Å². The van der Waals surface area contributed by atoms with E-state index in [1.54, 1.807) is 40.0 Å². The lowest BCUT2D eigenvalue weighted by Gasteiger charge is -2.35. The zero-order valence-corrected chi connectivity index (χ0v) is 19.4. The summed E-state index contributed by atoms with van der Waals surface area (Å²) >= 11 is 1.38. The first-order valence-electron chi connectivity index (χ1n) is 9.89. The number of azide groups is 1. The summed E-state index contributed by atoms with van der Waals surface area (Å²) in [6.45, 7) is 10.7. The highest BCUT2D eigenvalue weighted by Crippen LogP contribution is 2.24. The maximum Gasteiger partial charge on any atom is 0.313 e. The zero-order chi connectivity index (χ0) is 23.4. The molecule has 31 heavy (non-hydrogen) atoms. The summed E-state index contributed by atoms with van der Waals surface area (Å²) in [5.74, 6) is -1.63. The summed E-state index contributed by atoms with van der Waals surface area (Å²) in [5, 5.41) is 8.60. The highest BCUT2D eigenvalue weighted by Gasteiger charge is 2.41. The third-order valence-electron chi connectivity index (χ3n) is 4.61. The van der Waals surface area contributed by atoms with E-state index in [-0.39, 0.29) is 43.0 Å². The molecule has 0 bridgehead atoms. The van der Waals surface area contributed by atoms with Gasteiger partial charge in [-0.3, -0.25) is 19.4 Å². The van der Waals surface area contributed by atoms with E-state index < -0.39 is 22.9 Å². The van der Waals surface area contributed by atoms with Gasteiger partial charge in [0.15, 0.2) is 5.78 Å². The van der Waals surface area contributed by atoms with Gasteiger partial charge in [0.1, 0.15) is 17.0 Å². The van der Waals surface area contributed by atoms with Gasteiger partial charge in [0, 0.05) is 29.3 Å². The fourth-order valence-electron chi connectivity index (χ4n) is 2.85. The molecule has 2 atom stereocenters. The first kappa shape index (κ1) is 24.5. The lowest BCUT2D eigenvalue weighted by molar-refractivity contribution is -0.165. The molecule has 0 saturated carbocycles. The van der Waals surface area contributed by atoms with Gasteiger partial charge >= 0.3 is 5.97 Å². The normalized spacial score (nSPS) is 19.2. The molecule has 168 valence electrons. The second kappa shape index (κ2) is 9.57. The molecule has 1 fully saturated rings. The predicted octanol–water partition coefficient (Wildman–Crippen LogP) is 2.99. The number of esters is 1. The number of rotatable bonds is 9. The monoisotopic (exact) mass is 448 g/mol. The highest BCUT2D eigenvalue weighted by atomic mass is 32.1. The Morgan fingerprint density at radius 2 is 2.00 bits per heavy atom. The summed E-state index contributed by atoms with van der Waals surface area (Å²) in [7, 11) is 0. The second-order valence-electron chi connectivity index (χ2n) is 9.06. The van der Waals surface area contributed by atoms with Crippen molar-refractivity contribution >= 4 is 34.7 Å². The topological polar surface area (TPSA) is 146 Å². The summed E-state index contributed by atoms with van der Waals surface area (Å²) in [4.78, 5) is 49.0. The Morgan fingerprint density at radius 1 is 1.32 bits per heavy atom. The Morgan fingerprint density at radius 3 is 2.52 bits per heavy atom. The number of aromatic nitrogens is 1. The van der Waals surface area contributed by atoms with Crippen LogP contribution in [0.5, 0.6) is 0 Å². The number of carbonyl (C=O) groups excluding carboxylic acids is 3. The number of nitrogens with zero attached hydrogens (tertiary/aromatic N) is 5. The van der Waals surface area contributed by atoms with Crippen LogP contribution in [0, 0.1) is 18.3 Å². The van der Waals surface area contributed by atoms with Crippen LogP contribution in [-0.2, 0) is 19.1 Å². The number of hydrogen-bond acceptors (Lipinski definition) is 8. The molecule has 1 aliphatic heterocycles. The average Bonchev–Trinajstić information content (AvgIpc) is 3.07. The van der Waals surface area contributed by atoms with E-state index in [0.717, 1.165) is 5.01 Å². The van der Waals surface area contributed by atoms with Crippen molar-refractivity contribution in [2.75, 3.05) is 13.1 Å². The molecule has 10 nitrogen and oxygen atoms in total. The van der Waals surface area contributed by atoms with Crippen LogP contribution in [0.15, 0.2) is 15.5 Å². The number of β-lactam (4-membered cyclic amide) rings is 1. The molecule has 1 aromatic rings. The first-order chi connectivity index (χ1) is 14.3. The van der Waals surface area contributed by atoms with E-state index in [1.807, 2.05) is 6.92 Å². The molecule has 2 rings (SSSR count). The third kappa shape index (κ3) is 6.60. The highest BCUT2D eigenvalue weighted by molar-refractivity contribution is 7.09. The predicted molar refractivity (Wildman–Crippen MR) is 117 cm³/mol. The van der Waals surface area contributed by atoms with Crippen molar-refractivity contribution in [3.05, 3.63) is 26.5 Å². The van der Waals surface area contributed by atoms with Gasteiger partial charge in [-0.2, -0.15) is 0 Å². The smallest absolute Gasteiger partial charge is 0.313 e. The number of Topliss-reactive ketones (excluding diaryl/α,β-unsaturated/α-hetero) is 1. The van der Waals surface area contributed by atoms with Crippen LogP contribution >= 0.6 is 11.3 Å². The van der Waals surface area contributed by atoms with Gasteiger partial charge in [-0.15, -0.1) is 11.3 Å². The standard InChI is InChI=1S/C20H28N6O4S/c1-11-24-14(9-31-11)16(22-10-20(5,6)18(29)30-19(2,3)4)15(27)7-12-13(8-23-26-21)25-17(12)28/h9,12-13H,7-8,10H2,1-6H3,(H,25,28)/t12-,13+/m0/s1. The summed E-state index contributed by atoms with van der Waals surface area (Å²) in [5.41, 5.74) is 7.43. The van der Waals surface area contributed by atoms with E-state index in [2.05, 4.69) is 25.3 Å². The molecule has 0 unspecified atom stereocenters. The van der Waals surface area contributed by atoms with Crippen LogP contribution in [0.25, 0.3) is 10.4 Å². The Labute approximate surface area is 185 Å². The zero-order valence-electron chi connectivity index (χ0n) is 18.6. The summed E-state index contributed by atoms with van der Waals surface area (Å²) in [6, 6.07) is -0.385. The van der Waals surface area contributed by atoms with Gasteiger partial charge in [-0.25, -0.2) is 4.98 Å². The number of carbonyl (C=O) groups is 3. The van der Waals surface area contributed by atoms with Crippen LogP contribution in [0.1, 0.15) is 51.7 Å². The second-order valence-corrected chi connectivity index (χ2v) is 10.1. The van der Waals surface area contributed by atoms with Gasteiger partial charge in [0.05, 0.1) is 22.9 Å². The minimum atomic E-state index is -0.957. The van der Waals surface area contributed by atoms with E-state index in [1.165, 1.54) is 11.3 Å². The molecule has 1 saturated heterocycles. The Bertz CT molecular complexity index is 940. The molecule has 2 heterocycles. The number of aliphatic imine (C=N–C) groups is 1. The number of ketones is 1. The number of thiazole rings is 1. The molecule has 0 aromatic carbocycles. The number of hydrogen-bond donors (Lipinski definition) is 1. The van der Waals surface area contributed by atoms with Gasteiger partial charge in [0.25, 0.3) is 0 Å². The van der Waals surface area contributed by atoms with E-state index in [0.29, 0.717) is 5.69 Å². The fraction of sp³-hybridized carbons (Fsp3) is 0.650. The number of aryl methyl sites for hydroxylation is 1. The first-order valence-corrected chi connectivity index (χ1v) is 10.8. The van der Waals surface area contributed by atoms with Crippen molar-refractivity contribution in [3.63, 3.8) is 0 Å². The molecule has 1 amide bonds. The van der Waals surface area contributed by atoms with Crippen molar-refractivity contribution in [1.82, 2.24) is 10.3 Å². The van der Waals surface area contributed by atoms with E-state index >= 15 is 0 Å². The molecule has 0 spiro atoms. The van der Waals surface area contributed by atoms with Gasteiger partial charge < -0.3 is 10.1 Å². The van der Waals surface area contributed by atoms with E-state index in [9.17, 15) is 14.4 Å². The average molecular weight is 449 g/mol. The SMILES string of the molecule is Cc1nc(C(=NCC(C)(C)C(=O)OC(C)(C)C)C(=O)C[C@@H]2C(=O)N[C@@H]2CN=[N+]=[N-])cs1. The number of ether oxygens (including phenoxy) is 1. The molecule has 1 aliphatic rings. The lowest BCUT2D eigenvalue weighted by Crippen LogP contribution is -2.60. The molecular formula is C20H28N6O4S. The van der Waals surface area contributed by atoms with Crippen LogP contribution < -0.4 is 5.32 Å². The van der Waals surface area contributed by atoms with Crippen molar-refractivity contribution in [2.45, 2.75) is 59.6 Å². The van der Waals surface area contributed by atoms with Crippen molar-refractivity contribution in [2.24, 2.45) is 21.4 Å². The van der Waals surface area contributed by atoms with E-state index in [4.69, 9.17) is 10.3 Å². The largest absolute Gasteiger partial charge is 0.460 e. The number of nitrogens with one attached hydrogen (secondary N) is 1. The fourth-order valence-corrected chi connectivity index (χ4v) is 3.44. The molecule has 11 heteroatoms. The minimum Gasteiger partial charge on any atom is -0.460 e. The molecule has 1 N–H and O–H groups in total. The van der Waals surface area contributed by atoms with Crippen molar-refractivity contribution in [1.29, 1.82) is 0 Å². The Hall–Kier alpha value is -2.78. The van der Waals surface area contributed by atoms with Crippen molar-refractivity contribution in [3.8, 4) is 0 Å². The maximum atomic E-state index is 13.1. The summed E-state index contributed by atoms with van der Waals surface area (Å²) in [6.07, 6.45) is -0.0836. The van der Waals surface area contributed by atoms with Gasteiger partial charge in [-0.05, 0) is 47.1 Å². The lowest BCUT2D eigenvalue weighted by atomic mass is 9.85.